The molecule has 0 aliphatic carbocycles. The zero-order valence-corrected chi connectivity index (χ0v) is 8.09. The van der Waals surface area contributed by atoms with Gasteiger partial charge in [-0.05, 0) is 27.7 Å². The van der Waals surface area contributed by atoms with Crippen LogP contribution in [0.25, 0.3) is 0 Å². The van der Waals surface area contributed by atoms with Crippen LogP contribution in [0.1, 0.15) is 27.7 Å². The molecular weight excluding hydrogens is 152 g/mol. The van der Waals surface area contributed by atoms with Gasteiger partial charge in [0.15, 0.2) is 0 Å². The highest BCUT2D eigenvalue weighted by atomic mass is 16.3. The molecule has 0 aromatic rings. The lowest BCUT2D eigenvalue weighted by molar-refractivity contribution is -0.114. The van der Waals surface area contributed by atoms with Crippen LogP contribution in [0.4, 0.5) is 0 Å². The third-order valence-corrected chi connectivity index (χ3v) is 0.353. The van der Waals surface area contributed by atoms with E-state index in [2.05, 4.69) is 18.8 Å². The quantitative estimate of drug-likeness (QED) is 0.552. The second kappa shape index (κ2) is 9.75. The number of ketones is 1. The number of Topliss-reactive ketones (excluding diaryl/α,β-unsaturated/α-hetero) is 1. The standard InChI is InChI=1S/C5H8O.C3H6O.C2H2/c1-4-5(2,3)6;1-3(2)4;1-2/h1,6H,2-3H3;1-2H3;1-2H. The Kier molecular flexibility index (Phi) is 13.8. The van der Waals surface area contributed by atoms with E-state index in [-0.39, 0.29) is 5.78 Å². The van der Waals surface area contributed by atoms with Crippen LogP contribution in [0.15, 0.2) is 0 Å². The first-order valence-electron chi connectivity index (χ1n) is 3.30. The molecule has 1 N–H and O–H groups in total. The third kappa shape index (κ3) is 172. The van der Waals surface area contributed by atoms with Crippen molar-refractivity contribution < 1.29 is 9.90 Å². The van der Waals surface area contributed by atoms with Gasteiger partial charge in [-0.25, -0.2) is 0 Å². The maximum absolute atomic E-state index is 9.44. The van der Waals surface area contributed by atoms with E-state index in [0.29, 0.717) is 0 Å². The molecule has 0 spiro atoms. The van der Waals surface area contributed by atoms with E-state index in [9.17, 15) is 4.79 Å². The molecule has 0 aliphatic heterocycles. The Bertz CT molecular complexity index is 161. The van der Waals surface area contributed by atoms with Gasteiger partial charge in [0.1, 0.15) is 11.4 Å². The SMILES string of the molecule is C#C.C#CC(C)(C)O.CC(C)=O. The largest absolute Gasteiger partial charge is 0.378 e. The van der Waals surface area contributed by atoms with Gasteiger partial charge in [-0.3, -0.25) is 0 Å². The summed E-state index contributed by atoms with van der Waals surface area (Å²) in [4.78, 5) is 9.44. The first kappa shape index (κ1) is 17.0. The molecule has 0 saturated carbocycles. The van der Waals surface area contributed by atoms with Crippen LogP contribution in [-0.4, -0.2) is 16.5 Å². The molecule has 12 heavy (non-hydrogen) atoms. The first-order valence-corrected chi connectivity index (χ1v) is 3.30. The predicted octanol–water partition coefficient (Wildman–Crippen LogP) is 1.24. The molecule has 0 saturated heterocycles. The van der Waals surface area contributed by atoms with Crippen LogP contribution in [0.3, 0.4) is 0 Å². The van der Waals surface area contributed by atoms with E-state index in [1.54, 1.807) is 13.8 Å². The van der Waals surface area contributed by atoms with Crippen molar-refractivity contribution in [1.29, 1.82) is 0 Å². The summed E-state index contributed by atoms with van der Waals surface area (Å²) in [5.74, 6) is 2.33. The molecule has 0 aromatic heterocycles. The first-order chi connectivity index (χ1) is 5.29. The molecule has 0 aromatic carbocycles. The van der Waals surface area contributed by atoms with Crippen LogP contribution < -0.4 is 0 Å². The zero-order chi connectivity index (χ0) is 10.8. The van der Waals surface area contributed by atoms with Gasteiger partial charge >= 0.3 is 0 Å². The number of carbonyl (C=O) groups excluding carboxylic acids is 1. The Labute approximate surface area is 75.0 Å². The monoisotopic (exact) mass is 168 g/mol. The van der Waals surface area contributed by atoms with Gasteiger partial charge in [0.2, 0.25) is 0 Å². The fraction of sp³-hybridized carbons (Fsp3) is 0.500. The van der Waals surface area contributed by atoms with Gasteiger partial charge in [-0.15, -0.1) is 19.3 Å². The minimum absolute atomic E-state index is 0.167. The van der Waals surface area contributed by atoms with E-state index in [0.717, 1.165) is 0 Å². The van der Waals surface area contributed by atoms with Crippen LogP contribution >= 0.6 is 0 Å². The average molecular weight is 168 g/mol. The van der Waals surface area contributed by atoms with Crippen molar-refractivity contribution in [3.63, 3.8) is 0 Å². The molecule has 0 atom stereocenters. The Morgan fingerprint density at radius 2 is 1.42 bits per heavy atom. The number of aliphatic hydroxyl groups is 1. The lowest BCUT2D eigenvalue weighted by Gasteiger charge is -2.04. The Morgan fingerprint density at radius 1 is 1.33 bits per heavy atom. The molecule has 2 heteroatoms. The Morgan fingerprint density at radius 3 is 1.42 bits per heavy atom. The molecule has 68 valence electrons. The van der Waals surface area contributed by atoms with Gasteiger partial charge in [-0.1, -0.05) is 5.92 Å². The van der Waals surface area contributed by atoms with Crippen molar-refractivity contribution in [2.75, 3.05) is 0 Å². The molecule has 0 unspecified atom stereocenters. The summed E-state index contributed by atoms with van der Waals surface area (Å²) >= 11 is 0. The fourth-order valence-electron chi connectivity index (χ4n) is 0. The van der Waals surface area contributed by atoms with Crippen molar-refractivity contribution in [3.05, 3.63) is 0 Å². The number of carbonyl (C=O) groups is 1. The van der Waals surface area contributed by atoms with Crippen LogP contribution in [0.2, 0.25) is 0 Å². The van der Waals surface area contributed by atoms with Crippen molar-refractivity contribution in [3.8, 4) is 25.2 Å². The minimum atomic E-state index is -0.931. The van der Waals surface area contributed by atoms with Crippen molar-refractivity contribution in [1.82, 2.24) is 0 Å². The lowest BCUT2D eigenvalue weighted by Crippen LogP contribution is -2.13. The van der Waals surface area contributed by atoms with Crippen molar-refractivity contribution in [2.45, 2.75) is 33.3 Å². The van der Waals surface area contributed by atoms with E-state index in [1.807, 2.05) is 0 Å². The second-order valence-corrected chi connectivity index (χ2v) is 2.61. The molecule has 0 radical (unpaired) electrons. The predicted molar refractivity (Wildman–Crippen MR) is 51.4 cm³/mol. The maximum Gasteiger partial charge on any atom is 0.126 e. The number of hydrogen-bond donors (Lipinski definition) is 1. The molecular formula is C10H16O2. The van der Waals surface area contributed by atoms with Gasteiger partial charge in [0.05, 0.1) is 0 Å². The highest BCUT2D eigenvalue weighted by Gasteiger charge is 2.03. The number of rotatable bonds is 0. The highest BCUT2D eigenvalue weighted by Crippen LogP contribution is 1.93. The molecule has 0 amide bonds. The molecule has 0 fully saturated rings. The summed E-state index contributed by atoms with van der Waals surface area (Å²) in [5.41, 5.74) is -0.931. The fourth-order valence-corrected chi connectivity index (χ4v) is 0. The topological polar surface area (TPSA) is 37.3 Å². The van der Waals surface area contributed by atoms with E-state index < -0.39 is 5.60 Å². The minimum Gasteiger partial charge on any atom is -0.378 e. The average Bonchev–Trinajstić information content (AvgIpc) is 1.90. The molecule has 0 bridgehead atoms. The molecule has 0 heterocycles. The zero-order valence-electron chi connectivity index (χ0n) is 8.09. The van der Waals surface area contributed by atoms with E-state index in [1.165, 1.54) is 13.8 Å². The van der Waals surface area contributed by atoms with Crippen molar-refractivity contribution >= 4 is 5.78 Å². The summed E-state index contributed by atoms with van der Waals surface area (Å²) < 4.78 is 0. The summed E-state index contributed by atoms with van der Waals surface area (Å²) in [6.45, 7) is 6.18. The Balaban J connectivity index is -0.000000118. The van der Waals surface area contributed by atoms with E-state index in [4.69, 9.17) is 11.5 Å². The highest BCUT2D eigenvalue weighted by molar-refractivity contribution is 5.72. The normalized spacial score (nSPS) is 7.50. The summed E-state index contributed by atoms with van der Waals surface area (Å²) in [6.07, 6.45) is 12.8. The van der Waals surface area contributed by atoms with Gasteiger partial charge < -0.3 is 9.90 Å². The lowest BCUT2D eigenvalue weighted by atomic mass is 10.2. The maximum atomic E-state index is 9.44. The summed E-state index contributed by atoms with van der Waals surface area (Å²) in [5, 5.41) is 8.59. The number of terminal acetylenes is 2. The number of hydrogen-bond acceptors (Lipinski definition) is 2. The van der Waals surface area contributed by atoms with Crippen molar-refractivity contribution in [2.24, 2.45) is 0 Å². The smallest absolute Gasteiger partial charge is 0.126 e. The second-order valence-electron chi connectivity index (χ2n) is 2.61. The molecule has 0 rings (SSSR count). The summed E-state index contributed by atoms with van der Waals surface area (Å²) in [6, 6.07) is 0. The van der Waals surface area contributed by atoms with Gasteiger partial charge in [-0.2, -0.15) is 0 Å². The van der Waals surface area contributed by atoms with Gasteiger partial charge in [0, 0.05) is 0 Å². The van der Waals surface area contributed by atoms with Gasteiger partial charge in [0.25, 0.3) is 0 Å². The molecule has 0 aliphatic rings. The van der Waals surface area contributed by atoms with Crippen LogP contribution in [0.5, 0.6) is 0 Å². The summed E-state index contributed by atoms with van der Waals surface area (Å²) in [7, 11) is 0. The molecule has 2 nitrogen and oxygen atoms in total. The van der Waals surface area contributed by atoms with Crippen LogP contribution in [0, 0.1) is 25.2 Å². The van der Waals surface area contributed by atoms with Crippen LogP contribution in [-0.2, 0) is 4.79 Å². The third-order valence-electron chi connectivity index (χ3n) is 0.353. The van der Waals surface area contributed by atoms with E-state index >= 15 is 0 Å². The Hall–Kier alpha value is -1.25.